The van der Waals surface area contributed by atoms with E-state index in [1.165, 1.54) is 11.1 Å². The van der Waals surface area contributed by atoms with Gasteiger partial charge < -0.3 is 4.74 Å². The fraction of sp³-hybridized carbons (Fsp3) is 0.562. The molecule has 2 bridgehead atoms. The number of ketones is 1. The van der Waals surface area contributed by atoms with E-state index in [1.807, 2.05) is 0 Å². The van der Waals surface area contributed by atoms with Gasteiger partial charge in [-0.05, 0) is 49.8 Å². The summed E-state index contributed by atoms with van der Waals surface area (Å²) in [5.41, 5.74) is 3.70. The fourth-order valence-electron chi connectivity index (χ4n) is 3.22. The molecular formula is C16H20O2. The van der Waals surface area contributed by atoms with Gasteiger partial charge in [-0.15, -0.1) is 0 Å². The first-order valence-corrected chi connectivity index (χ1v) is 6.88. The largest absolute Gasteiger partial charge is 0.374 e. The number of aryl methyl sites for hydroxylation is 2. The first-order valence-electron chi connectivity index (χ1n) is 6.88. The molecule has 0 spiro atoms. The van der Waals surface area contributed by atoms with Crippen LogP contribution in [0.15, 0.2) is 18.2 Å². The van der Waals surface area contributed by atoms with Crippen molar-refractivity contribution in [2.24, 2.45) is 5.92 Å². The first-order chi connectivity index (χ1) is 8.63. The number of ether oxygens (including phenoxy) is 1. The maximum absolute atomic E-state index is 12.3. The van der Waals surface area contributed by atoms with Gasteiger partial charge in [0.05, 0.1) is 12.2 Å². The van der Waals surface area contributed by atoms with Crippen LogP contribution in [0.4, 0.5) is 0 Å². The van der Waals surface area contributed by atoms with Crippen molar-refractivity contribution in [1.82, 2.24) is 0 Å². The number of carbonyl (C=O) groups is 1. The zero-order valence-electron chi connectivity index (χ0n) is 11.1. The number of benzene rings is 1. The highest BCUT2D eigenvalue weighted by Crippen LogP contribution is 2.39. The summed E-state index contributed by atoms with van der Waals surface area (Å²) in [4.78, 5) is 12.3. The Morgan fingerprint density at radius 2 is 2.11 bits per heavy atom. The standard InChI is InChI=1S/C16H20O2/c1-10-3-4-12(7-11(10)2)8-15(17)14-9-13-5-6-16(14)18-13/h3-4,7,13-14,16H,5-6,8-9H2,1-2H3. The van der Waals surface area contributed by atoms with Crippen molar-refractivity contribution in [2.45, 2.75) is 51.7 Å². The second kappa shape index (κ2) is 4.51. The number of fused-ring (bicyclic) bond motifs is 2. The Morgan fingerprint density at radius 3 is 2.72 bits per heavy atom. The highest BCUT2D eigenvalue weighted by atomic mass is 16.5. The minimum absolute atomic E-state index is 0.158. The van der Waals surface area contributed by atoms with E-state index in [9.17, 15) is 4.79 Å². The summed E-state index contributed by atoms with van der Waals surface area (Å²) in [5, 5.41) is 0. The van der Waals surface area contributed by atoms with Gasteiger partial charge in [0.1, 0.15) is 5.78 Å². The van der Waals surface area contributed by atoms with Crippen molar-refractivity contribution in [3.05, 3.63) is 34.9 Å². The van der Waals surface area contributed by atoms with Crippen LogP contribution in [-0.4, -0.2) is 18.0 Å². The van der Waals surface area contributed by atoms with Crippen molar-refractivity contribution in [3.8, 4) is 0 Å². The number of Topliss-reactive ketones (excluding diaryl/α,β-unsaturated/α-hetero) is 1. The molecule has 0 aromatic heterocycles. The van der Waals surface area contributed by atoms with Crippen molar-refractivity contribution in [2.75, 3.05) is 0 Å². The van der Waals surface area contributed by atoms with Crippen LogP contribution in [0.1, 0.15) is 36.0 Å². The molecule has 2 aliphatic heterocycles. The van der Waals surface area contributed by atoms with E-state index >= 15 is 0 Å². The van der Waals surface area contributed by atoms with Crippen LogP contribution in [-0.2, 0) is 16.0 Å². The number of carbonyl (C=O) groups excluding carboxylic acids is 1. The smallest absolute Gasteiger partial charge is 0.143 e. The number of hydrogen-bond acceptors (Lipinski definition) is 2. The first kappa shape index (κ1) is 11.9. The van der Waals surface area contributed by atoms with Gasteiger partial charge >= 0.3 is 0 Å². The molecule has 3 rings (SSSR count). The third kappa shape index (κ3) is 2.10. The Bertz CT molecular complexity index is 478. The van der Waals surface area contributed by atoms with Crippen molar-refractivity contribution in [3.63, 3.8) is 0 Å². The Morgan fingerprint density at radius 1 is 1.28 bits per heavy atom. The molecule has 2 fully saturated rings. The molecule has 2 aliphatic rings. The average molecular weight is 244 g/mol. The SMILES string of the molecule is Cc1ccc(CC(=O)C2CC3CCC2O3)cc1C. The van der Waals surface area contributed by atoms with E-state index in [-0.39, 0.29) is 12.0 Å². The summed E-state index contributed by atoms with van der Waals surface area (Å²) in [6.45, 7) is 4.20. The van der Waals surface area contributed by atoms with Gasteiger partial charge in [0, 0.05) is 12.3 Å². The summed E-state index contributed by atoms with van der Waals surface area (Å²) in [7, 11) is 0. The highest BCUT2D eigenvalue weighted by Gasteiger charge is 2.43. The summed E-state index contributed by atoms with van der Waals surface area (Å²) in [6.07, 6.45) is 4.33. The topological polar surface area (TPSA) is 26.3 Å². The van der Waals surface area contributed by atoms with E-state index < -0.39 is 0 Å². The molecule has 2 heterocycles. The summed E-state index contributed by atoms with van der Waals surface area (Å²) < 4.78 is 5.77. The second-order valence-corrected chi connectivity index (χ2v) is 5.78. The minimum atomic E-state index is 0.158. The molecule has 0 N–H and O–H groups in total. The van der Waals surface area contributed by atoms with Crippen LogP contribution < -0.4 is 0 Å². The van der Waals surface area contributed by atoms with Crippen molar-refractivity contribution in [1.29, 1.82) is 0 Å². The summed E-state index contributed by atoms with van der Waals surface area (Å²) >= 11 is 0. The maximum Gasteiger partial charge on any atom is 0.143 e. The molecule has 96 valence electrons. The molecule has 0 radical (unpaired) electrons. The molecule has 1 aromatic rings. The lowest BCUT2D eigenvalue weighted by molar-refractivity contribution is -0.123. The zero-order valence-corrected chi connectivity index (χ0v) is 11.1. The lowest BCUT2D eigenvalue weighted by Crippen LogP contribution is -2.26. The van der Waals surface area contributed by atoms with Crippen LogP contribution in [0.2, 0.25) is 0 Å². The minimum Gasteiger partial charge on any atom is -0.374 e. The molecular weight excluding hydrogens is 224 g/mol. The van der Waals surface area contributed by atoms with Crippen LogP contribution >= 0.6 is 0 Å². The van der Waals surface area contributed by atoms with E-state index in [0.29, 0.717) is 18.3 Å². The van der Waals surface area contributed by atoms with Crippen LogP contribution in [0, 0.1) is 19.8 Å². The Labute approximate surface area is 108 Å². The van der Waals surface area contributed by atoms with Gasteiger partial charge in [0.25, 0.3) is 0 Å². The fourth-order valence-corrected chi connectivity index (χ4v) is 3.22. The second-order valence-electron chi connectivity index (χ2n) is 5.78. The van der Waals surface area contributed by atoms with E-state index in [1.54, 1.807) is 0 Å². The maximum atomic E-state index is 12.3. The predicted octanol–water partition coefficient (Wildman–Crippen LogP) is 2.98. The van der Waals surface area contributed by atoms with Gasteiger partial charge in [-0.3, -0.25) is 4.79 Å². The lowest BCUT2D eigenvalue weighted by Gasteiger charge is -2.17. The molecule has 2 heteroatoms. The molecule has 0 aliphatic carbocycles. The average Bonchev–Trinajstić information content (AvgIpc) is 2.96. The van der Waals surface area contributed by atoms with E-state index in [0.717, 1.165) is 24.8 Å². The predicted molar refractivity (Wildman–Crippen MR) is 70.6 cm³/mol. The monoisotopic (exact) mass is 244 g/mol. The van der Waals surface area contributed by atoms with Crippen LogP contribution in [0.25, 0.3) is 0 Å². The molecule has 18 heavy (non-hydrogen) atoms. The van der Waals surface area contributed by atoms with Crippen LogP contribution in [0.5, 0.6) is 0 Å². The molecule has 0 saturated carbocycles. The Balaban J connectivity index is 1.69. The van der Waals surface area contributed by atoms with Crippen molar-refractivity contribution >= 4 is 5.78 Å². The quantitative estimate of drug-likeness (QED) is 0.817. The highest BCUT2D eigenvalue weighted by molar-refractivity contribution is 5.84. The Kier molecular flexibility index (Phi) is 2.98. The molecule has 2 saturated heterocycles. The van der Waals surface area contributed by atoms with Gasteiger partial charge in [-0.25, -0.2) is 0 Å². The summed E-state index contributed by atoms with van der Waals surface area (Å²) in [6, 6.07) is 6.32. The summed E-state index contributed by atoms with van der Waals surface area (Å²) in [5.74, 6) is 0.524. The third-order valence-corrected chi connectivity index (χ3v) is 4.47. The van der Waals surface area contributed by atoms with E-state index in [2.05, 4.69) is 32.0 Å². The Hall–Kier alpha value is -1.15. The molecule has 3 atom stereocenters. The zero-order chi connectivity index (χ0) is 12.7. The lowest BCUT2D eigenvalue weighted by atomic mass is 9.84. The number of hydrogen-bond donors (Lipinski definition) is 0. The van der Waals surface area contributed by atoms with Gasteiger partial charge in [0.2, 0.25) is 0 Å². The van der Waals surface area contributed by atoms with Gasteiger partial charge in [0.15, 0.2) is 0 Å². The van der Waals surface area contributed by atoms with Gasteiger partial charge in [-0.1, -0.05) is 18.2 Å². The van der Waals surface area contributed by atoms with Crippen LogP contribution in [0.3, 0.4) is 0 Å². The van der Waals surface area contributed by atoms with Crippen molar-refractivity contribution < 1.29 is 9.53 Å². The van der Waals surface area contributed by atoms with Gasteiger partial charge in [-0.2, -0.15) is 0 Å². The molecule has 0 amide bonds. The molecule has 3 unspecified atom stereocenters. The van der Waals surface area contributed by atoms with E-state index in [4.69, 9.17) is 4.74 Å². The third-order valence-electron chi connectivity index (χ3n) is 4.47. The molecule has 1 aromatic carbocycles. The number of rotatable bonds is 3. The molecule has 2 nitrogen and oxygen atoms in total. The normalized spacial score (nSPS) is 29.8.